The smallest absolute Gasteiger partial charge is 0.0251 e. The highest BCUT2D eigenvalue weighted by atomic mass is 13.8. The molecule has 1 aromatic carbocycles. The van der Waals surface area contributed by atoms with E-state index in [1.807, 2.05) is 31.2 Å². The van der Waals surface area contributed by atoms with Gasteiger partial charge in [-0.2, -0.15) is 0 Å². The standard InChI is InChI=1S/C9H7/c1-2-6-9-7-4-3-5-8-9/h3-4,7-8H,1H3. The van der Waals surface area contributed by atoms with Gasteiger partial charge in [-0.05, 0) is 25.1 Å². The number of hydrogen-bond acceptors (Lipinski definition) is 0. The van der Waals surface area contributed by atoms with Gasteiger partial charge in [-0.3, -0.25) is 0 Å². The predicted molar refractivity (Wildman–Crippen MR) is 37.8 cm³/mol. The monoisotopic (exact) mass is 115 g/mol. The van der Waals surface area contributed by atoms with Crippen molar-refractivity contribution in [3.05, 3.63) is 35.9 Å². The molecule has 0 heteroatoms. The Morgan fingerprint density at radius 2 is 2.44 bits per heavy atom. The molecule has 0 atom stereocenters. The summed E-state index contributed by atoms with van der Waals surface area (Å²) in [6.07, 6.45) is 0. The van der Waals surface area contributed by atoms with Crippen molar-refractivity contribution in [3.8, 4) is 11.8 Å². The molecule has 0 nitrogen and oxygen atoms in total. The summed E-state index contributed by atoms with van der Waals surface area (Å²) in [5, 5.41) is 0. The predicted octanol–water partition coefficient (Wildman–Crippen LogP) is 1.86. The van der Waals surface area contributed by atoms with E-state index in [-0.39, 0.29) is 0 Å². The lowest BCUT2D eigenvalue weighted by atomic mass is 10.2. The second-order valence-electron chi connectivity index (χ2n) is 1.67. The maximum atomic E-state index is 2.94. The van der Waals surface area contributed by atoms with E-state index in [1.165, 1.54) is 0 Å². The highest BCUT2D eigenvalue weighted by Gasteiger charge is 1.78. The second kappa shape index (κ2) is 2.94. The average molecular weight is 115 g/mol. The lowest BCUT2D eigenvalue weighted by Crippen LogP contribution is -1.68. The first kappa shape index (κ1) is 5.91. The van der Waals surface area contributed by atoms with E-state index in [1.54, 1.807) is 0 Å². The van der Waals surface area contributed by atoms with Crippen molar-refractivity contribution >= 4 is 0 Å². The van der Waals surface area contributed by atoms with Gasteiger partial charge >= 0.3 is 0 Å². The number of rotatable bonds is 0. The Kier molecular flexibility index (Phi) is 1.93. The minimum Gasteiger partial charge on any atom is -0.101 e. The molecular formula is C9H7. The zero-order chi connectivity index (χ0) is 6.53. The molecule has 0 aliphatic rings. The van der Waals surface area contributed by atoms with Gasteiger partial charge in [0.2, 0.25) is 0 Å². The van der Waals surface area contributed by atoms with Gasteiger partial charge in [0.1, 0.15) is 0 Å². The topological polar surface area (TPSA) is 0 Å². The molecule has 1 radical (unpaired) electrons. The molecule has 0 amide bonds. The molecule has 0 unspecified atom stereocenters. The summed E-state index contributed by atoms with van der Waals surface area (Å²) < 4.78 is 0. The minimum absolute atomic E-state index is 1.03. The van der Waals surface area contributed by atoms with Crippen LogP contribution in [0.1, 0.15) is 12.5 Å². The summed E-state index contributed by atoms with van der Waals surface area (Å²) in [4.78, 5) is 0. The summed E-state index contributed by atoms with van der Waals surface area (Å²) in [7, 11) is 0. The van der Waals surface area contributed by atoms with Crippen LogP contribution in [0.3, 0.4) is 0 Å². The fourth-order valence-corrected chi connectivity index (χ4v) is 0.615. The largest absolute Gasteiger partial charge is 0.101 e. The highest BCUT2D eigenvalue weighted by molar-refractivity contribution is 5.32. The average Bonchev–Trinajstić information content (AvgIpc) is 1.91. The van der Waals surface area contributed by atoms with E-state index in [2.05, 4.69) is 17.9 Å². The maximum Gasteiger partial charge on any atom is 0.0251 e. The van der Waals surface area contributed by atoms with Crippen molar-refractivity contribution in [2.75, 3.05) is 0 Å². The second-order valence-corrected chi connectivity index (χ2v) is 1.67. The Hall–Kier alpha value is -1.22. The van der Waals surface area contributed by atoms with Gasteiger partial charge in [0.15, 0.2) is 0 Å². The first-order valence-corrected chi connectivity index (χ1v) is 2.82. The Balaban J connectivity index is 2.94. The van der Waals surface area contributed by atoms with Gasteiger partial charge in [0.25, 0.3) is 0 Å². The van der Waals surface area contributed by atoms with Gasteiger partial charge in [-0.25, -0.2) is 0 Å². The quantitative estimate of drug-likeness (QED) is 0.453. The van der Waals surface area contributed by atoms with Crippen LogP contribution in [0.5, 0.6) is 0 Å². The molecule has 0 saturated heterocycles. The molecule has 0 bridgehead atoms. The zero-order valence-electron chi connectivity index (χ0n) is 5.31. The molecule has 0 saturated carbocycles. The molecule has 0 fully saturated rings. The van der Waals surface area contributed by atoms with Gasteiger partial charge in [0.05, 0.1) is 0 Å². The zero-order valence-corrected chi connectivity index (χ0v) is 5.31. The Morgan fingerprint density at radius 3 is 3.00 bits per heavy atom. The summed E-state index contributed by atoms with van der Waals surface area (Å²) in [6, 6.07) is 10.6. The van der Waals surface area contributed by atoms with Crippen molar-refractivity contribution in [2.45, 2.75) is 6.92 Å². The van der Waals surface area contributed by atoms with Crippen molar-refractivity contribution in [1.29, 1.82) is 0 Å². The van der Waals surface area contributed by atoms with Crippen LogP contribution < -0.4 is 0 Å². The normalized spacial score (nSPS) is 7.67. The Labute approximate surface area is 55.5 Å². The summed E-state index contributed by atoms with van der Waals surface area (Å²) in [6.45, 7) is 1.83. The van der Waals surface area contributed by atoms with Crippen LogP contribution in [-0.2, 0) is 0 Å². The third kappa shape index (κ3) is 1.62. The van der Waals surface area contributed by atoms with E-state index in [4.69, 9.17) is 0 Å². The third-order valence-corrected chi connectivity index (χ3v) is 0.976. The molecule has 1 rings (SSSR count). The molecule has 0 aromatic heterocycles. The molecule has 0 aliphatic carbocycles. The van der Waals surface area contributed by atoms with Crippen LogP contribution in [-0.4, -0.2) is 0 Å². The van der Waals surface area contributed by atoms with Crippen molar-refractivity contribution < 1.29 is 0 Å². The van der Waals surface area contributed by atoms with Gasteiger partial charge < -0.3 is 0 Å². The Morgan fingerprint density at radius 1 is 1.56 bits per heavy atom. The molecule has 0 spiro atoms. The lowest BCUT2D eigenvalue weighted by molar-refractivity contribution is 1.63. The van der Waals surface area contributed by atoms with Gasteiger partial charge in [-0.15, -0.1) is 5.92 Å². The summed E-state index contributed by atoms with van der Waals surface area (Å²) in [5.41, 5.74) is 1.03. The van der Waals surface area contributed by atoms with Crippen LogP contribution in [0, 0.1) is 17.9 Å². The lowest BCUT2D eigenvalue weighted by Gasteiger charge is -1.82. The van der Waals surface area contributed by atoms with E-state index >= 15 is 0 Å². The first-order valence-electron chi connectivity index (χ1n) is 2.82. The molecular weight excluding hydrogens is 108 g/mol. The van der Waals surface area contributed by atoms with Crippen molar-refractivity contribution in [2.24, 2.45) is 0 Å². The fraction of sp³-hybridized carbons (Fsp3) is 0.111. The molecule has 0 heterocycles. The number of hydrogen-bond donors (Lipinski definition) is 0. The minimum atomic E-state index is 1.03. The van der Waals surface area contributed by atoms with Crippen LogP contribution in [0.25, 0.3) is 0 Å². The van der Waals surface area contributed by atoms with Gasteiger partial charge in [0, 0.05) is 5.56 Å². The molecule has 9 heavy (non-hydrogen) atoms. The fourth-order valence-electron chi connectivity index (χ4n) is 0.615. The van der Waals surface area contributed by atoms with E-state index in [0.29, 0.717) is 0 Å². The highest BCUT2D eigenvalue weighted by Crippen LogP contribution is 1.93. The molecule has 43 valence electrons. The van der Waals surface area contributed by atoms with E-state index < -0.39 is 0 Å². The number of benzene rings is 1. The van der Waals surface area contributed by atoms with Crippen LogP contribution in [0.4, 0.5) is 0 Å². The molecule has 1 aromatic rings. The van der Waals surface area contributed by atoms with Crippen LogP contribution in [0.2, 0.25) is 0 Å². The maximum absolute atomic E-state index is 2.94. The van der Waals surface area contributed by atoms with Crippen molar-refractivity contribution in [3.63, 3.8) is 0 Å². The molecule has 0 N–H and O–H groups in total. The van der Waals surface area contributed by atoms with Crippen molar-refractivity contribution in [1.82, 2.24) is 0 Å². The SMILES string of the molecule is CC#Cc1c[c]ccc1. The van der Waals surface area contributed by atoms with Crippen LogP contribution >= 0.6 is 0 Å². The van der Waals surface area contributed by atoms with E-state index in [0.717, 1.165) is 5.56 Å². The van der Waals surface area contributed by atoms with Gasteiger partial charge in [-0.1, -0.05) is 18.1 Å². The third-order valence-electron chi connectivity index (χ3n) is 0.976. The Bertz CT molecular complexity index is 223. The molecule has 0 aliphatic heterocycles. The van der Waals surface area contributed by atoms with E-state index in [9.17, 15) is 0 Å². The summed E-state index contributed by atoms with van der Waals surface area (Å²) >= 11 is 0. The summed E-state index contributed by atoms with van der Waals surface area (Å²) in [5.74, 6) is 5.74. The van der Waals surface area contributed by atoms with Crippen LogP contribution in [0.15, 0.2) is 24.3 Å². The first-order chi connectivity index (χ1) is 4.43.